The molecular weight excluding hydrogens is 390 g/mol. The summed E-state index contributed by atoms with van der Waals surface area (Å²) in [7, 11) is 0. The van der Waals surface area contributed by atoms with Gasteiger partial charge in [-0.2, -0.15) is 0 Å². The van der Waals surface area contributed by atoms with Gasteiger partial charge in [0, 0.05) is 49.4 Å². The third-order valence-corrected chi connectivity index (χ3v) is 6.32. The molecule has 2 aliphatic rings. The van der Waals surface area contributed by atoms with Gasteiger partial charge in [0.1, 0.15) is 0 Å². The largest absolute Gasteiger partial charge is 0.343 e. The minimum Gasteiger partial charge on any atom is -0.343 e. The van der Waals surface area contributed by atoms with Crippen LogP contribution in [0, 0.1) is 5.92 Å². The van der Waals surface area contributed by atoms with Gasteiger partial charge < -0.3 is 15.1 Å². The Labute approximate surface area is 183 Å². The van der Waals surface area contributed by atoms with Gasteiger partial charge in [0.05, 0.1) is 0 Å². The fourth-order valence-electron chi connectivity index (χ4n) is 4.46. The highest BCUT2D eigenvalue weighted by molar-refractivity contribution is 6.07. The van der Waals surface area contributed by atoms with Crippen LogP contribution in [0.3, 0.4) is 0 Å². The van der Waals surface area contributed by atoms with Crippen LogP contribution in [0.2, 0.25) is 0 Å². The monoisotopic (exact) mass is 419 g/mol. The molecule has 6 heteroatoms. The molecule has 0 bridgehead atoms. The molecule has 2 aromatic carbocycles. The molecule has 2 heterocycles. The number of fused-ring (bicyclic) bond motifs is 1. The van der Waals surface area contributed by atoms with Crippen molar-refractivity contribution in [3.8, 4) is 0 Å². The zero-order valence-electron chi connectivity index (χ0n) is 18.0. The van der Waals surface area contributed by atoms with Crippen molar-refractivity contribution in [3.05, 3.63) is 59.7 Å². The van der Waals surface area contributed by atoms with Crippen molar-refractivity contribution in [1.82, 2.24) is 4.90 Å². The predicted octanol–water partition coefficient (Wildman–Crippen LogP) is 3.87. The first-order chi connectivity index (χ1) is 15.0. The van der Waals surface area contributed by atoms with Gasteiger partial charge in [-0.3, -0.25) is 14.4 Å². The molecule has 6 nitrogen and oxygen atoms in total. The smallest absolute Gasteiger partial charge is 0.258 e. The molecule has 1 saturated heterocycles. The number of piperidine rings is 1. The molecule has 2 aromatic rings. The van der Waals surface area contributed by atoms with E-state index >= 15 is 0 Å². The second-order valence-electron chi connectivity index (χ2n) is 8.39. The van der Waals surface area contributed by atoms with E-state index in [1.165, 1.54) is 5.56 Å². The van der Waals surface area contributed by atoms with Gasteiger partial charge in [-0.25, -0.2) is 0 Å². The average molecular weight is 420 g/mol. The zero-order valence-corrected chi connectivity index (χ0v) is 18.0. The van der Waals surface area contributed by atoms with E-state index < -0.39 is 0 Å². The topological polar surface area (TPSA) is 69.7 Å². The zero-order chi connectivity index (χ0) is 21.8. The molecule has 0 radical (unpaired) electrons. The van der Waals surface area contributed by atoms with E-state index in [4.69, 9.17) is 0 Å². The van der Waals surface area contributed by atoms with E-state index in [0.29, 0.717) is 43.7 Å². The molecule has 0 atom stereocenters. The third-order valence-electron chi connectivity index (χ3n) is 6.32. The molecule has 0 spiro atoms. The summed E-state index contributed by atoms with van der Waals surface area (Å²) in [5.74, 6) is -0.0655. The molecule has 31 heavy (non-hydrogen) atoms. The molecule has 3 amide bonds. The number of hydrogen-bond donors (Lipinski definition) is 1. The standard InChI is InChI=1S/C25H29N3O3/c1-18(29)27-16-13-20(14-17-27)24(30)26-22-11-9-21(10-12-22)25(31)28-15-5-4-7-19-6-2-3-8-23(19)28/h2-3,6,8-12,20H,4-5,7,13-17H2,1H3,(H,26,30). The maximum Gasteiger partial charge on any atom is 0.258 e. The lowest BCUT2D eigenvalue weighted by molar-refractivity contribution is -0.132. The van der Waals surface area contributed by atoms with Gasteiger partial charge in [0.25, 0.3) is 5.91 Å². The Balaban J connectivity index is 1.40. The maximum absolute atomic E-state index is 13.2. The van der Waals surface area contributed by atoms with Crippen molar-refractivity contribution in [2.75, 3.05) is 29.9 Å². The molecule has 1 fully saturated rings. The van der Waals surface area contributed by atoms with Gasteiger partial charge in [-0.15, -0.1) is 0 Å². The van der Waals surface area contributed by atoms with Crippen molar-refractivity contribution in [2.24, 2.45) is 5.92 Å². The minimum absolute atomic E-state index is 0.0103. The molecule has 0 unspecified atom stereocenters. The highest BCUT2D eigenvalue weighted by Crippen LogP contribution is 2.28. The van der Waals surface area contributed by atoms with Crippen LogP contribution in [0.4, 0.5) is 11.4 Å². The fourth-order valence-corrected chi connectivity index (χ4v) is 4.46. The van der Waals surface area contributed by atoms with Crippen molar-refractivity contribution >= 4 is 29.1 Å². The molecule has 1 N–H and O–H groups in total. The second kappa shape index (κ2) is 9.33. The molecule has 4 rings (SSSR count). The molecule has 0 saturated carbocycles. The number of carbonyl (C=O) groups is 3. The van der Waals surface area contributed by atoms with Crippen LogP contribution >= 0.6 is 0 Å². The summed E-state index contributed by atoms with van der Waals surface area (Å²) in [6, 6.07) is 15.3. The third kappa shape index (κ3) is 4.79. The predicted molar refractivity (Wildman–Crippen MR) is 121 cm³/mol. The summed E-state index contributed by atoms with van der Waals surface area (Å²) in [5.41, 5.74) is 3.52. The number of benzene rings is 2. The van der Waals surface area contributed by atoms with Gasteiger partial charge in [0.15, 0.2) is 0 Å². The SMILES string of the molecule is CC(=O)N1CCC(C(=O)Nc2ccc(C(=O)N3CCCCc4ccccc43)cc2)CC1. The van der Waals surface area contributed by atoms with E-state index in [-0.39, 0.29) is 23.6 Å². The summed E-state index contributed by atoms with van der Waals surface area (Å²) >= 11 is 0. The number of likely N-dealkylation sites (tertiary alicyclic amines) is 1. The van der Waals surface area contributed by atoms with Crippen LogP contribution in [0.15, 0.2) is 48.5 Å². The van der Waals surface area contributed by atoms with Crippen LogP contribution in [0.25, 0.3) is 0 Å². The quantitative estimate of drug-likeness (QED) is 0.821. The lowest BCUT2D eigenvalue weighted by atomic mass is 9.96. The summed E-state index contributed by atoms with van der Waals surface area (Å²) < 4.78 is 0. The Morgan fingerprint density at radius 3 is 2.32 bits per heavy atom. The number of aryl methyl sites for hydroxylation is 1. The fraction of sp³-hybridized carbons (Fsp3) is 0.400. The number of hydrogen-bond acceptors (Lipinski definition) is 3. The highest BCUT2D eigenvalue weighted by atomic mass is 16.2. The van der Waals surface area contributed by atoms with E-state index in [1.807, 2.05) is 23.1 Å². The Morgan fingerprint density at radius 1 is 0.903 bits per heavy atom. The summed E-state index contributed by atoms with van der Waals surface area (Å²) in [4.78, 5) is 40.9. The van der Waals surface area contributed by atoms with Crippen LogP contribution < -0.4 is 10.2 Å². The molecular formula is C25H29N3O3. The number of anilines is 2. The van der Waals surface area contributed by atoms with Gasteiger partial charge in [0.2, 0.25) is 11.8 Å². The highest BCUT2D eigenvalue weighted by Gasteiger charge is 2.26. The normalized spacial score (nSPS) is 16.9. The maximum atomic E-state index is 13.2. The number of carbonyl (C=O) groups excluding carboxylic acids is 3. The molecule has 2 aliphatic heterocycles. The first kappa shape index (κ1) is 21.1. The van der Waals surface area contributed by atoms with Crippen molar-refractivity contribution < 1.29 is 14.4 Å². The van der Waals surface area contributed by atoms with Crippen LogP contribution in [-0.2, 0) is 16.0 Å². The number of nitrogens with zero attached hydrogens (tertiary/aromatic N) is 2. The van der Waals surface area contributed by atoms with E-state index in [0.717, 1.165) is 24.9 Å². The molecule has 0 aromatic heterocycles. The number of nitrogens with one attached hydrogen (secondary N) is 1. The minimum atomic E-state index is -0.0921. The van der Waals surface area contributed by atoms with Crippen molar-refractivity contribution in [1.29, 1.82) is 0 Å². The molecule has 0 aliphatic carbocycles. The number of rotatable bonds is 3. The Morgan fingerprint density at radius 2 is 1.61 bits per heavy atom. The van der Waals surface area contributed by atoms with Crippen LogP contribution in [0.1, 0.15) is 48.5 Å². The Kier molecular flexibility index (Phi) is 6.35. The van der Waals surface area contributed by atoms with Gasteiger partial charge in [-0.05, 0) is 68.0 Å². The lowest BCUT2D eigenvalue weighted by Gasteiger charge is -2.30. The first-order valence-electron chi connectivity index (χ1n) is 11.1. The summed E-state index contributed by atoms with van der Waals surface area (Å²) in [6.07, 6.45) is 4.41. The molecule has 162 valence electrons. The Bertz CT molecular complexity index is 962. The number of amides is 3. The lowest BCUT2D eigenvalue weighted by Crippen LogP contribution is -2.40. The van der Waals surface area contributed by atoms with Crippen molar-refractivity contribution in [2.45, 2.75) is 39.0 Å². The average Bonchev–Trinajstić information content (AvgIpc) is 3.02. The van der Waals surface area contributed by atoms with Crippen LogP contribution in [0.5, 0.6) is 0 Å². The van der Waals surface area contributed by atoms with E-state index in [9.17, 15) is 14.4 Å². The summed E-state index contributed by atoms with van der Waals surface area (Å²) in [5, 5.41) is 2.96. The van der Waals surface area contributed by atoms with Crippen LogP contribution in [-0.4, -0.2) is 42.3 Å². The van der Waals surface area contributed by atoms with Crippen molar-refractivity contribution in [3.63, 3.8) is 0 Å². The summed E-state index contributed by atoms with van der Waals surface area (Å²) in [6.45, 7) is 3.52. The Hall–Kier alpha value is -3.15. The van der Waals surface area contributed by atoms with E-state index in [2.05, 4.69) is 11.4 Å². The van der Waals surface area contributed by atoms with Gasteiger partial charge in [-0.1, -0.05) is 18.2 Å². The first-order valence-corrected chi connectivity index (χ1v) is 11.1. The van der Waals surface area contributed by atoms with Gasteiger partial charge >= 0.3 is 0 Å². The number of para-hydroxylation sites is 1. The second-order valence-corrected chi connectivity index (χ2v) is 8.39. The van der Waals surface area contributed by atoms with E-state index in [1.54, 1.807) is 36.1 Å².